The molecule has 0 bridgehead atoms. The number of benzene rings is 1. The minimum absolute atomic E-state index is 0.535. The summed E-state index contributed by atoms with van der Waals surface area (Å²) in [5.41, 5.74) is -1.23. The molecule has 0 spiro atoms. The Hall–Kier alpha value is -1.14. The Balaban J connectivity index is 2.35. The number of hydrogen-bond acceptors (Lipinski definition) is 5. The van der Waals surface area contributed by atoms with Crippen molar-refractivity contribution in [2.75, 3.05) is 7.11 Å². The molecule has 142 valence electrons. The molecule has 0 amide bonds. The van der Waals surface area contributed by atoms with Crippen molar-refractivity contribution in [1.29, 1.82) is 0 Å². The monoisotopic (exact) mass is 352 g/mol. The maximum atomic E-state index is 11.1. The molecule has 5 heteroatoms. The first-order valence-corrected chi connectivity index (χ1v) is 9.27. The molecular weight excluding hydrogens is 320 g/mol. The normalized spacial score (nSPS) is 22.4. The Labute approximate surface area is 150 Å². The van der Waals surface area contributed by atoms with Crippen molar-refractivity contribution in [2.24, 2.45) is 0 Å². The number of methoxy groups -OCH3 is 1. The Bertz CT molecular complexity index is 508. The van der Waals surface area contributed by atoms with Crippen molar-refractivity contribution >= 4 is 0 Å². The lowest BCUT2D eigenvalue weighted by molar-refractivity contribution is -0.138. The topological polar surface area (TPSA) is 68.2 Å². The molecule has 1 fully saturated rings. The molecule has 0 aromatic heterocycles. The molecule has 1 aliphatic rings. The van der Waals surface area contributed by atoms with Crippen LogP contribution in [0.25, 0.3) is 0 Å². The third-order valence-electron chi connectivity index (χ3n) is 5.71. The van der Waals surface area contributed by atoms with Crippen LogP contribution in [0.15, 0.2) is 24.3 Å². The summed E-state index contributed by atoms with van der Waals surface area (Å²) in [5.74, 6) is 0.757. The van der Waals surface area contributed by atoms with Gasteiger partial charge >= 0.3 is 0 Å². The second-order valence-corrected chi connectivity index (χ2v) is 6.84. The lowest BCUT2D eigenvalue weighted by atomic mass is 9.79. The second-order valence-electron chi connectivity index (χ2n) is 6.84. The van der Waals surface area contributed by atoms with Gasteiger partial charge in [0.05, 0.1) is 18.3 Å². The number of hydrogen-bond donors (Lipinski definition) is 2. The van der Waals surface area contributed by atoms with E-state index in [-0.39, 0.29) is 0 Å². The van der Waals surface area contributed by atoms with Gasteiger partial charge in [0.25, 0.3) is 0 Å². The molecule has 0 radical (unpaired) electrons. The van der Waals surface area contributed by atoms with Crippen LogP contribution in [0.3, 0.4) is 0 Å². The van der Waals surface area contributed by atoms with Gasteiger partial charge in [0.2, 0.25) is 0 Å². The lowest BCUT2D eigenvalue weighted by Crippen LogP contribution is -2.56. The van der Waals surface area contributed by atoms with Crippen molar-refractivity contribution in [1.82, 2.24) is 0 Å². The molecule has 1 aromatic rings. The van der Waals surface area contributed by atoms with Gasteiger partial charge in [-0.2, -0.15) is 0 Å². The highest BCUT2D eigenvalue weighted by Crippen LogP contribution is 2.44. The highest BCUT2D eigenvalue weighted by atomic mass is 16.7. The fraction of sp³-hybridized carbons (Fsp3) is 0.700. The van der Waals surface area contributed by atoms with Crippen LogP contribution in [0, 0.1) is 0 Å². The maximum Gasteiger partial charge on any atom is 0.185 e. The zero-order valence-corrected chi connectivity index (χ0v) is 16.0. The van der Waals surface area contributed by atoms with Gasteiger partial charge in [-0.3, -0.25) is 0 Å². The Kier molecular flexibility index (Phi) is 6.49. The summed E-state index contributed by atoms with van der Waals surface area (Å²) in [6.45, 7) is 7.73. The average Bonchev–Trinajstić information content (AvgIpc) is 3.13. The second kappa shape index (κ2) is 8.04. The molecule has 5 nitrogen and oxygen atoms in total. The van der Waals surface area contributed by atoms with Gasteiger partial charge in [0, 0.05) is 5.56 Å². The standard InChI is InChI=1S/C20H32O5/c1-6-19(21,7-2)16-17(20(22,8-3)9-4)25-18(24-16)14-10-12-15(23-5)13-11-14/h10-13,16-18,21-22H,6-9H2,1-5H3/t16-,17-/m1/s1. The first-order valence-electron chi connectivity index (χ1n) is 9.27. The van der Waals surface area contributed by atoms with E-state index in [1.807, 2.05) is 52.0 Å². The molecule has 1 saturated heterocycles. The SMILES string of the molecule is CCC(O)(CC)[C@@H]1OC(c2ccc(OC)cc2)O[C@H]1C(O)(CC)CC. The Morgan fingerprint density at radius 2 is 1.24 bits per heavy atom. The summed E-state index contributed by atoms with van der Waals surface area (Å²) in [5, 5.41) is 22.1. The van der Waals surface area contributed by atoms with Gasteiger partial charge in [0.1, 0.15) is 18.0 Å². The highest BCUT2D eigenvalue weighted by Gasteiger charge is 2.54. The van der Waals surface area contributed by atoms with E-state index in [0.717, 1.165) is 11.3 Å². The third kappa shape index (κ3) is 3.85. The molecule has 1 heterocycles. The summed E-state index contributed by atoms with van der Waals surface area (Å²) in [7, 11) is 1.62. The van der Waals surface area contributed by atoms with Crippen LogP contribution in [-0.2, 0) is 9.47 Å². The first-order chi connectivity index (χ1) is 11.9. The molecule has 1 aliphatic heterocycles. The zero-order valence-electron chi connectivity index (χ0n) is 16.0. The van der Waals surface area contributed by atoms with E-state index in [9.17, 15) is 10.2 Å². The van der Waals surface area contributed by atoms with E-state index in [1.54, 1.807) is 7.11 Å². The van der Waals surface area contributed by atoms with Gasteiger partial charge in [-0.15, -0.1) is 0 Å². The molecule has 2 N–H and O–H groups in total. The quantitative estimate of drug-likeness (QED) is 0.748. The summed E-state index contributed by atoms with van der Waals surface area (Å²) in [6, 6.07) is 7.47. The smallest absolute Gasteiger partial charge is 0.185 e. The van der Waals surface area contributed by atoms with Gasteiger partial charge in [0.15, 0.2) is 6.29 Å². The number of ether oxygens (including phenoxy) is 3. The highest BCUT2D eigenvalue weighted by molar-refractivity contribution is 5.28. The molecule has 25 heavy (non-hydrogen) atoms. The van der Waals surface area contributed by atoms with E-state index in [0.29, 0.717) is 25.7 Å². The summed E-state index contributed by atoms with van der Waals surface area (Å²) >= 11 is 0. The average molecular weight is 352 g/mol. The van der Waals surface area contributed by atoms with E-state index >= 15 is 0 Å². The summed E-state index contributed by atoms with van der Waals surface area (Å²) in [6.07, 6.45) is 0.355. The molecule has 2 rings (SSSR count). The molecule has 2 atom stereocenters. The lowest BCUT2D eigenvalue weighted by Gasteiger charge is -2.40. The van der Waals surface area contributed by atoms with E-state index < -0.39 is 29.7 Å². The minimum atomic E-state index is -1.04. The van der Waals surface area contributed by atoms with Crippen LogP contribution >= 0.6 is 0 Å². The van der Waals surface area contributed by atoms with Crippen LogP contribution in [0.5, 0.6) is 5.75 Å². The van der Waals surface area contributed by atoms with Crippen LogP contribution in [0.4, 0.5) is 0 Å². The van der Waals surface area contributed by atoms with Crippen molar-refractivity contribution < 1.29 is 24.4 Å². The van der Waals surface area contributed by atoms with Gasteiger partial charge in [-0.1, -0.05) is 39.8 Å². The number of aliphatic hydroxyl groups is 2. The maximum absolute atomic E-state index is 11.1. The van der Waals surface area contributed by atoms with Crippen molar-refractivity contribution in [3.63, 3.8) is 0 Å². The van der Waals surface area contributed by atoms with E-state index in [1.165, 1.54) is 0 Å². The van der Waals surface area contributed by atoms with Crippen LogP contribution in [0.1, 0.15) is 65.2 Å². The molecule has 0 saturated carbocycles. The molecule has 0 unspecified atom stereocenters. The molecule has 1 aromatic carbocycles. The molecular formula is C20H32O5. The van der Waals surface area contributed by atoms with Crippen molar-refractivity contribution in [3.05, 3.63) is 29.8 Å². The van der Waals surface area contributed by atoms with Crippen LogP contribution in [-0.4, -0.2) is 40.7 Å². The largest absolute Gasteiger partial charge is 0.497 e. The van der Waals surface area contributed by atoms with E-state index in [4.69, 9.17) is 14.2 Å². The van der Waals surface area contributed by atoms with E-state index in [2.05, 4.69) is 0 Å². The fourth-order valence-electron chi connectivity index (χ4n) is 3.48. The Morgan fingerprint density at radius 3 is 1.56 bits per heavy atom. The summed E-state index contributed by atoms with van der Waals surface area (Å²) < 4.78 is 17.5. The fourth-order valence-corrected chi connectivity index (χ4v) is 3.48. The Morgan fingerprint density at radius 1 is 0.840 bits per heavy atom. The van der Waals surface area contributed by atoms with Gasteiger partial charge in [-0.05, 0) is 37.8 Å². The van der Waals surface area contributed by atoms with Crippen molar-refractivity contribution in [3.8, 4) is 5.75 Å². The predicted molar refractivity (Wildman–Crippen MR) is 96.5 cm³/mol. The van der Waals surface area contributed by atoms with Crippen molar-refractivity contribution in [2.45, 2.75) is 83.1 Å². The first kappa shape index (κ1) is 20.2. The van der Waals surface area contributed by atoms with Crippen LogP contribution < -0.4 is 4.74 Å². The van der Waals surface area contributed by atoms with Crippen LogP contribution in [0.2, 0.25) is 0 Å². The predicted octanol–water partition coefficient (Wildman–Crippen LogP) is 3.58. The summed E-state index contributed by atoms with van der Waals surface area (Å²) in [4.78, 5) is 0. The number of rotatable bonds is 8. The molecule has 0 aliphatic carbocycles. The zero-order chi connectivity index (χ0) is 18.7. The minimum Gasteiger partial charge on any atom is -0.497 e. The third-order valence-corrected chi connectivity index (χ3v) is 5.71. The van der Waals surface area contributed by atoms with Gasteiger partial charge < -0.3 is 24.4 Å². The van der Waals surface area contributed by atoms with Gasteiger partial charge in [-0.25, -0.2) is 0 Å².